The van der Waals surface area contributed by atoms with Crippen molar-refractivity contribution < 1.29 is 9.90 Å². The minimum atomic E-state index is -1.00. The summed E-state index contributed by atoms with van der Waals surface area (Å²) in [6, 6.07) is 5.33. The molecule has 4 heteroatoms. The van der Waals surface area contributed by atoms with Crippen LogP contribution in [0.4, 0.5) is 5.69 Å². The number of carbonyl (C=O) groups is 1. The van der Waals surface area contributed by atoms with Gasteiger partial charge in [-0.25, -0.2) is 4.79 Å². The van der Waals surface area contributed by atoms with Crippen LogP contribution in [0.3, 0.4) is 0 Å². The van der Waals surface area contributed by atoms with Crippen molar-refractivity contribution in [3.63, 3.8) is 0 Å². The fourth-order valence-electron chi connectivity index (χ4n) is 1.78. The fourth-order valence-corrected chi connectivity index (χ4v) is 2.04. The summed E-state index contributed by atoms with van der Waals surface area (Å²) in [6.07, 6.45) is 2.11. The lowest BCUT2D eigenvalue weighted by atomic mass is 10.0. The van der Waals surface area contributed by atoms with Gasteiger partial charge in [0.15, 0.2) is 0 Å². The van der Waals surface area contributed by atoms with Crippen molar-refractivity contribution in [2.75, 3.05) is 5.32 Å². The van der Waals surface area contributed by atoms with E-state index in [1.165, 1.54) is 0 Å². The predicted molar refractivity (Wildman–Crippen MR) is 75.6 cm³/mol. The van der Waals surface area contributed by atoms with Gasteiger partial charge in [-0.3, -0.25) is 0 Å². The molecule has 3 nitrogen and oxygen atoms in total. The van der Waals surface area contributed by atoms with Gasteiger partial charge < -0.3 is 10.4 Å². The van der Waals surface area contributed by atoms with Crippen LogP contribution in [0, 0.1) is 5.92 Å². The number of carboxylic acid groups (broad SMARTS) is 1. The molecule has 0 aromatic heterocycles. The van der Waals surface area contributed by atoms with Crippen molar-refractivity contribution in [3.05, 3.63) is 28.8 Å². The fraction of sp³-hybridized carbons (Fsp3) is 0.500. The molecule has 0 radical (unpaired) electrons. The average Bonchev–Trinajstić information content (AvgIpc) is 2.26. The second-order valence-corrected chi connectivity index (χ2v) is 5.39. The normalized spacial score (nSPS) is 12.5. The second kappa shape index (κ2) is 6.64. The zero-order valence-electron chi connectivity index (χ0n) is 11.0. The molecule has 1 aromatic carbocycles. The highest BCUT2D eigenvalue weighted by Gasteiger charge is 2.15. The van der Waals surface area contributed by atoms with Crippen LogP contribution >= 0.6 is 11.6 Å². The Morgan fingerprint density at radius 3 is 2.56 bits per heavy atom. The molecule has 0 aliphatic carbocycles. The smallest absolute Gasteiger partial charge is 0.339 e. The number of aromatic carboxylic acids is 1. The van der Waals surface area contributed by atoms with E-state index in [2.05, 4.69) is 26.1 Å². The second-order valence-electron chi connectivity index (χ2n) is 4.98. The maximum atomic E-state index is 11.2. The monoisotopic (exact) mass is 269 g/mol. The van der Waals surface area contributed by atoms with Gasteiger partial charge in [0.2, 0.25) is 0 Å². The summed E-state index contributed by atoms with van der Waals surface area (Å²) in [5, 5.41) is 12.6. The van der Waals surface area contributed by atoms with Crippen LogP contribution < -0.4 is 5.32 Å². The number of hydrogen-bond donors (Lipinski definition) is 2. The number of hydrogen-bond acceptors (Lipinski definition) is 2. The maximum Gasteiger partial charge on any atom is 0.339 e. The molecule has 1 atom stereocenters. The standard InChI is InChI=1S/C14H20ClNO2/c1-9(2)7-8-10(3)16-12-6-4-5-11(15)13(12)14(17)18/h4-6,9-10,16H,7-8H2,1-3H3,(H,17,18). The van der Waals surface area contributed by atoms with Gasteiger partial charge in [-0.05, 0) is 37.8 Å². The van der Waals surface area contributed by atoms with Crippen LogP contribution in [0.15, 0.2) is 18.2 Å². The van der Waals surface area contributed by atoms with E-state index in [4.69, 9.17) is 16.7 Å². The Kier molecular flexibility index (Phi) is 5.48. The molecule has 2 N–H and O–H groups in total. The Morgan fingerprint density at radius 2 is 2.00 bits per heavy atom. The van der Waals surface area contributed by atoms with Crippen molar-refractivity contribution in [1.82, 2.24) is 0 Å². The van der Waals surface area contributed by atoms with Gasteiger partial charge >= 0.3 is 5.97 Å². The third-order valence-electron chi connectivity index (χ3n) is 2.81. The largest absolute Gasteiger partial charge is 0.478 e. The van der Waals surface area contributed by atoms with Gasteiger partial charge in [0, 0.05) is 6.04 Å². The lowest BCUT2D eigenvalue weighted by molar-refractivity contribution is 0.0698. The van der Waals surface area contributed by atoms with E-state index in [0.29, 0.717) is 11.6 Å². The topological polar surface area (TPSA) is 49.3 Å². The Hall–Kier alpha value is -1.22. The Morgan fingerprint density at radius 1 is 1.33 bits per heavy atom. The van der Waals surface area contributed by atoms with E-state index in [1.54, 1.807) is 18.2 Å². The van der Waals surface area contributed by atoms with Gasteiger partial charge in [0.1, 0.15) is 5.56 Å². The first-order valence-corrected chi connectivity index (χ1v) is 6.58. The molecule has 0 aliphatic rings. The molecular weight excluding hydrogens is 250 g/mol. The number of benzene rings is 1. The predicted octanol–water partition coefficient (Wildman–Crippen LogP) is 4.27. The maximum absolute atomic E-state index is 11.2. The number of rotatable bonds is 6. The van der Waals surface area contributed by atoms with Crippen molar-refractivity contribution >= 4 is 23.3 Å². The van der Waals surface area contributed by atoms with E-state index in [-0.39, 0.29) is 16.6 Å². The van der Waals surface area contributed by atoms with Gasteiger partial charge in [-0.2, -0.15) is 0 Å². The number of carboxylic acids is 1. The minimum absolute atomic E-state index is 0.149. The average molecular weight is 270 g/mol. The van der Waals surface area contributed by atoms with Gasteiger partial charge in [0.05, 0.1) is 10.7 Å². The van der Waals surface area contributed by atoms with Crippen LogP contribution in [0.5, 0.6) is 0 Å². The number of anilines is 1. The highest BCUT2D eigenvalue weighted by atomic mass is 35.5. The van der Waals surface area contributed by atoms with E-state index in [1.807, 2.05) is 0 Å². The highest BCUT2D eigenvalue weighted by molar-refractivity contribution is 6.34. The third kappa shape index (κ3) is 4.22. The number of nitrogens with one attached hydrogen (secondary N) is 1. The Balaban J connectivity index is 2.78. The third-order valence-corrected chi connectivity index (χ3v) is 3.12. The SMILES string of the molecule is CC(C)CCC(C)Nc1cccc(Cl)c1C(=O)O. The Labute approximate surface area is 113 Å². The molecule has 1 unspecified atom stereocenters. The van der Waals surface area contributed by atoms with Crippen molar-refractivity contribution in [2.45, 2.75) is 39.7 Å². The molecule has 0 bridgehead atoms. The summed E-state index contributed by atoms with van der Waals surface area (Å²) < 4.78 is 0. The first-order chi connectivity index (χ1) is 8.41. The first-order valence-electron chi connectivity index (χ1n) is 6.20. The lowest BCUT2D eigenvalue weighted by Gasteiger charge is -2.18. The van der Waals surface area contributed by atoms with Crippen molar-refractivity contribution in [2.24, 2.45) is 5.92 Å². The lowest BCUT2D eigenvalue weighted by Crippen LogP contribution is -2.18. The number of halogens is 1. The van der Waals surface area contributed by atoms with Crippen LogP contribution in [-0.4, -0.2) is 17.1 Å². The summed E-state index contributed by atoms with van der Waals surface area (Å²) in [5.41, 5.74) is 0.738. The van der Waals surface area contributed by atoms with E-state index in [0.717, 1.165) is 12.8 Å². The van der Waals surface area contributed by atoms with E-state index >= 15 is 0 Å². The molecule has 18 heavy (non-hydrogen) atoms. The van der Waals surface area contributed by atoms with Crippen LogP contribution in [0.1, 0.15) is 44.0 Å². The van der Waals surface area contributed by atoms with Crippen LogP contribution in [0.2, 0.25) is 5.02 Å². The van der Waals surface area contributed by atoms with Crippen LogP contribution in [0.25, 0.3) is 0 Å². The molecular formula is C14H20ClNO2. The van der Waals surface area contributed by atoms with Crippen molar-refractivity contribution in [3.8, 4) is 0 Å². The van der Waals surface area contributed by atoms with Crippen molar-refractivity contribution in [1.29, 1.82) is 0 Å². The summed E-state index contributed by atoms with van der Waals surface area (Å²) in [7, 11) is 0. The Bertz CT molecular complexity index is 418. The molecule has 100 valence electrons. The molecule has 0 saturated heterocycles. The van der Waals surface area contributed by atoms with Gasteiger partial charge in [-0.15, -0.1) is 0 Å². The molecule has 0 amide bonds. The summed E-state index contributed by atoms with van der Waals surface area (Å²) in [5.74, 6) is -0.355. The zero-order valence-corrected chi connectivity index (χ0v) is 11.8. The van der Waals surface area contributed by atoms with E-state index in [9.17, 15) is 4.79 Å². The summed E-state index contributed by atoms with van der Waals surface area (Å²) in [4.78, 5) is 11.2. The molecule has 1 aromatic rings. The summed E-state index contributed by atoms with van der Waals surface area (Å²) >= 11 is 5.91. The van der Waals surface area contributed by atoms with E-state index < -0.39 is 5.97 Å². The first kappa shape index (κ1) is 14.8. The minimum Gasteiger partial charge on any atom is -0.478 e. The van der Waals surface area contributed by atoms with Gasteiger partial charge in [0.25, 0.3) is 0 Å². The summed E-state index contributed by atoms with van der Waals surface area (Å²) in [6.45, 7) is 6.40. The quantitative estimate of drug-likeness (QED) is 0.811. The van der Waals surface area contributed by atoms with Gasteiger partial charge in [-0.1, -0.05) is 31.5 Å². The molecule has 1 rings (SSSR count). The van der Waals surface area contributed by atoms with Crippen LogP contribution in [-0.2, 0) is 0 Å². The molecule has 0 aliphatic heterocycles. The molecule has 0 saturated carbocycles. The molecule has 0 spiro atoms. The zero-order chi connectivity index (χ0) is 13.7. The molecule has 0 heterocycles. The molecule has 0 fully saturated rings. The highest BCUT2D eigenvalue weighted by Crippen LogP contribution is 2.25.